The third kappa shape index (κ3) is 3.79. The highest BCUT2D eigenvalue weighted by Gasteiger charge is 2.25. The summed E-state index contributed by atoms with van der Waals surface area (Å²) in [6.07, 6.45) is 10.6. The fraction of sp³-hybridized carbons (Fsp3) is 0.917. The van der Waals surface area contributed by atoms with Gasteiger partial charge in [0.1, 0.15) is 0 Å². The lowest BCUT2D eigenvalue weighted by Gasteiger charge is -2.26. The zero-order valence-corrected chi connectivity index (χ0v) is 13.2. The van der Waals surface area contributed by atoms with Crippen molar-refractivity contribution in [2.24, 2.45) is 0 Å². The van der Waals surface area contributed by atoms with E-state index in [4.69, 9.17) is 0 Å². The van der Waals surface area contributed by atoms with Crippen LogP contribution in [0.25, 0.3) is 0 Å². The van der Waals surface area contributed by atoms with Gasteiger partial charge < -0.3 is 24.0 Å². The Labute approximate surface area is 121 Å². The minimum absolute atomic E-state index is 0. The SMILES string of the molecule is CSC(N1CCCCC1)=[N+]1CCCCC1.[I-]. The topological polar surface area (TPSA) is 6.25 Å². The minimum atomic E-state index is 0. The van der Waals surface area contributed by atoms with Crippen molar-refractivity contribution in [3.8, 4) is 0 Å². The lowest BCUT2D eigenvalue weighted by Crippen LogP contribution is -3.00. The van der Waals surface area contributed by atoms with Crippen molar-refractivity contribution in [3.63, 3.8) is 0 Å². The highest BCUT2D eigenvalue weighted by molar-refractivity contribution is 8.12. The highest BCUT2D eigenvalue weighted by Crippen LogP contribution is 2.16. The van der Waals surface area contributed by atoms with E-state index in [1.165, 1.54) is 64.7 Å². The van der Waals surface area contributed by atoms with Gasteiger partial charge in [-0.3, -0.25) is 9.48 Å². The van der Waals surface area contributed by atoms with Gasteiger partial charge in [0.15, 0.2) is 0 Å². The molecule has 0 aromatic carbocycles. The summed E-state index contributed by atoms with van der Waals surface area (Å²) in [5.41, 5.74) is 0. The van der Waals surface area contributed by atoms with Crippen LogP contribution in [0.3, 0.4) is 0 Å². The molecule has 0 aromatic rings. The Hall–Kier alpha value is 0.550. The molecule has 16 heavy (non-hydrogen) atoms. The van der Waals surface area contributed by atoms with E-state index in [2.05, 4.69) is 15.7 Å². The average Bonchev–Trinajstić information content (AvgIpc) is 2.33. The van der Waals surface area contributed by atoms with Gasteiger partial charge in [-0.05, 0) is 56.5 Å². The molecule has 0 N–H and O–H groups in total. The number of piperidine rings is 2. The number of amidine groups is 1. The van der Waals surface area contributed by atoms with Gasteiger partial charge in [0.05, 0.1) is 26.2 Å². The van der Waals surface area contributed by atoms with E-state index in [0.29, 0.717) is 0 Å². The van der Waals surface area contributed by atoms with Gasteiger partial charge in [-0.2, -0.15) is 0 Å². The first-order chi connectivity index (χ1) is 7.42. The van der Waals surface area contributed by atoms with Gasteiger partial charge >= 0.3 is 5.17 Å². The second-order valence-electron chi connectivity index (χ2n) is 4.58. The van der Waals surface area contributed by atoms with Crippen molar-refractivity contribution < 1.29 is 28.6 Å². The summed E-state index contributed by atoms with van der Waals surface area (Å²) < 4.78 is 2.61. The summed E-state index contributed by atoms with van der Waals surface area (Å²) in [5.74, 6) is 0. The second-order valence-corrected chi connectivity index (χ2v) is 5.36. The Morgan fingerprint density at radius 1 is 0.938 bits per heavy atom. The predicted molar refractivity (Wildman–Crippen MR) is 67.8 cm³/mol. The van der Waals surface area contributed by atoms with E-state index in [1.54, 1.807) is 5.17 Å². The summed E-state index contributed by atoms with van der Waals surface area (Å²) in [7, 11) is 0. The van der Waals surface area contributed by atoms with Gasteiger partial charge in [-0.15, -0.1) is 0 Å². The van der Waals surface area contributed by atoms with Crippen LogP contribution in [0.2, 0.25) is 0 Å². The molecule has 2 saturated heterocycles. The van der Waals surface area contributed by atoms with Crippen LogP contribution >= 0.6 is 11.8 Å². The third-order valence-corrected chi connectivity index (χ3v) is 4.32. The molecule has 2 heterocycles. The van der Waals surface area contributed by atoms with Gasteiger partial charge in [-0.25, -0.2) is 0 Å². The van der Waals surface area contributed by atoms with Crippen molar-refractivity contribution >= 4 is 16.9 Å². The fourth-order valence-electron chi connectivity index (χ4n) is 2.63. The zero-order valence-electron chi connectivity index (χ0n) is 10.3. The molecule has 4 heteroatoms. The van der Waals surface area contributed by atoms with E-state index >= 15 is 0 Å². The molecule has 2 rings (SSSR count). The van der Waals surface area contributed by atoms with Crippen LogP contribution in [0.5, 0.6) is 0 Å². The number of halogens is 1. The highest BCUT2D eigenvalue weighted by atomic mass is 127. The van der Waals surface area contributed by atoms with Crippen molar-refractivity contribution in [2.45, 2.75) is 38.5 Å². The molecule has 0 bridgehead atoms. The molecule has 94 valence electrons. The Morgan fingerprint density at radius 3 is 2.06 bits per heavy atom. The zero-order chi connectivity index (χ0) is 10.5. The molecule has 0 aliphatic carbocycles. The van der Waals surface area contributed by atoms with E-state index in [0.717, 1.165) is 0 Å². The number of nitrogens with zero attached hydrogens (tertiary/aromatic N) is 2. The van der Waals surface area contributed by atoms with Crippen LogP contribution in [-0.4, -0.2) is 47.1 Å². The maximum Gasteiger partial charge on any atom is 0.308 e. The molecule has 0 radical (unpaired) electrons. The maximum atomic E-state index is 2.61. The predicted octanol–water partition coefficient (Wildman–Crippen LogP) is -0.608. The van der Waals surface area contributed by atoms with Crippen molar-refractivity contribution in [3.05, 3.63) is 0 Å². The van der Waals surface area contributed by atoms with E-state index in [9.17, 15) is 0 Å². The first-order valence-corrected chi connectivity index (χ1v) is 7.55. The number of hydrogen-bond donors (Lipinski definition) is 0. The van der Waals surface area contributed by atoms with Crippen LogP contribution in [-0.2, 0) is 0 Å². The molecule has 2 fully saturated rings. The molecule has 0 aromatic heterocycles. The monoisotopic (exact) mass is 354 g/mol. The Morgan fingerprint density at radius 2 is 1.50 bits per heavy atom. The maximum absolute atomic E-state index is 2.61. The molecule has 0 unspecified atom stereocenters. The standard InChI is InChI=1S/C12H23N2S.HI/c1-15-12(13-8-4-2-5-9-13)14-10-6-3-7-11-14;/h2-11H2,1H3;1H/q+1;/p-1. The molecule has 2 aliphatic heterocycles. The molecular weight excluding hydrogens is 331 g/mol. The largest absolute Gasteiger partial charge is 1.00 e. The Kier molecular flexibility index (Phi) is 7.12. The van der Waals surface area contributed by atoms with Crippen molar-refractivity contribution in [1.82, 2.24) is 4.90 Å². The van der Waals surface area contributed by atoms with Crippen LogP contribution in [0, 0.1) is 0 Å². The molecular formula is C12H23IN2S. The number of hydrogen-bond acceptors (Lipinski definition) is 1. The summed E-state index contributed by atoms with van der Waals surface area (Å²) in [4.78, 5) is 2.61. The molecule has 2 nitrogen and oxygen atoms in total. The van der Waals surface area contributed by atoms with E-state index in [1.807, 2.05) is 11.8 Å². The third-order valence-electron chi connectivity index (χ3n) is 3.44. The van der Waals surface area contributed by atoms with Gasteiger partial charge in [0.2, 0.25) is 0 Å². The first-order valence-electron chi connectivity index (χ1n) is 6.32. The molecule has 0 amide bonds. The van der Waals surface area contributed by atoms with Gasteiger partial charge in [0.25, 0.3) is 0 Å². The molecule has 0 saturated carbocycles. The summed E-state index contributed by atoms with van der Waals surface area (Å²) in [5, 5.41) is 1.55. The molecule has 2 aliphatic rings. The lowest BCUT2D eigenvalue weighted by atomic mass is 10.1. The van der Waals surface area contributed by atoms with Crippen molar-refractivity contribution in [2.75, 3.05) is 32.4 Å². The first kappa shape index (κ1) is 14.6. The number of thioether (sulfide) groups is 1. The smallest absolute Gasteiger partial charge is 0.308 e. The average molecular weight is 354 g/mol. The quantitative estimate of drug-likeness (QED) is 0.325. The van der Waals surface area contributed by atoms with Crippen LogP contribution in [0.1, 0.15) is 38.5 Å². The molecule has 0 atom stereocenters. The Balaban J connectivity index is 0.00000128. The van der Waals surface area contributed by atoms with Crippen LogP contribution in [0.15, 0.2) is 0 Å². The van der Waals surface area contributed by atoms with Crippen molar-refractivity contribution in [1.29, 1.82) is 0 Å². The van der Waals surface area contributed by atoms with Crippen LogP contribution < -0.4 is 24.0 Å². The fourth-order valence-corrected chi connectivity index (χ4v) is 3.51. The van der Waals surface area contributed by atoms with E-state index < -0.39 is 0 Å². The normalized spacial score (nSPS) is 21.6. The second kappa shape index (κ2) is 7.80. The van der Waals surface area contributed by atoms with Crippen LogP contribution in [0.4, 0.5) is 0 Å². The summed E-state index contributed by atoms with van der Waals surface area (Å²) in [6.45, 7) is 5.14. The van der Waals surface area contributed by atoms with Gasteiger partial charge in [0, 0.05) is 0 Å². The molecule has 0 spiro atoms. The number of likely N-dealkylation sites (tertiary alicyclic amines) is 1. The minimum Gasteiger partial charge on any atom is -1.00 e. The van der Waals surface area contributed by atoms with Gasteiger partial charge in [-0.1, -0.05) is 0 Å². The van der Waals surface area contributed by atoms with E-state index in [-0.39, 0.29) is 24.0 Å². The lowest BCUT2D eigenvalue weighted by molar-refractivity contribution is -0.539. The number of rotatable bonds is 0. The Bertz CT molecular complexity index is 229. The summed E-state index contributed by atoms with van der Waals surface area (Å²) in [6, 6.07) is 0. The summed E-state index contributed by atoms with van der Waals surface area (Å²) >= 11 is 1.95.